The molecule has 0 fully saturated rings. The predicted molar refractivity (Wildman–Crippen MR) is 119 cm³/mol. The van der Waals surface area contributed by atoms with Crippen LogP contribution in [0, 0.1) is 0 Å². The highest BCUT2D eigenvalue weighted by Crippen LogP contribution is 2.28. The van der Waals surface area contributed by atoms with E-state index < -0.39 is 0 Å². The lowest BCUT2D eigenvalue weighted by molar-refractivity contribution is 0.928. The molecule has 0 aliphatic heterocycles. The molecule has 0 atom stereocenters. The first-order valence-electron chi connectivity index (χ1n) is 8.04. The summed E-state index contributed by atoms with van der Waals surface area (Å²) in [5.74, 6) is 2.26. The van der Waals surface area contributed by atoms with E-state index in [0.29, 0.717) is 15.8 Å². The first kappa shape index (κ1) is 20.6. The van der Waals surface area contributed by atoms with Crippen molar-refractivity contribution in [3.05, 3.63) is 74.9 Å². The van der Waals surface area contributed by atoms with Crippen molar-refractivity contribution in [1.29, 1.82) is 0 Å². The summed E-state index contributed by atoms with van der Waals surface area (Å²) in [7, 11) is 1.85. The smallest absolute Gasteiger partial charge is 0.190 e. The molecule has 0 radical (unpaired) electrons. The summed E-state index contributed by atoms with van der Waals surface area (Å²) in [4.78, 5) is 10.4. The van der Waals surface area contributed by atoms with Crippen LogP contribution in [0.1, 0.15) is 11.3 Å². The van der Waals surface area contributed by atoms with Gasteiger partial charge in [-0.25, -0.2) is 9.97 Å². The Labute approximate surface area is 182 Å². The van der Waals surface area contributed by atoms with Crippen LogP contribution in [0.15, 0.2) is 58.6 Å². The van der Waals surface area contributed by atoms with Crippen LogP contribution in [0.3, 0.4) is 0 Å². The Morgan fingerprint density at radius 1 is 0.852 bits per heavy atom. The Bertz CT molecular complexity index is 921. The molecule has 3 nitrogen and oxygen atoms in total. The standard InChI is InChI=1S/C19H16Cl3N3S2/c1-23-18-9-14(11-26-15-5-3-13(20)4-6-15)24-19(25-18)27-10-12-2-7-16(21)17(22)8-12/h2-9H,10-11H2,1H3,(H,23,24,25). The van der Waals surface area contributed by atoms with Gasteiger partial charge in [-0.2, -0.15) is 0 Å². The first-order valence-corrected chi connectivity index (χ1v) is 11.1. The van der Waals surface area contributed by atoms with Gasteiger partial charge in [0.25, 0.3) is 0 Å². The minimum atomic E-state index is 0.555. The SMILES string of the molecule is CNc1cc(CSc2ccc(Cl)cc2)nc(SCc2ccc(Cl)c(Cl)c2)n1. The largest absolute Gasteiger partial charge is 0.373 e. The van der Waals surface area contributed by atoms with E-state index in [-0.39, 0.29) is 0 Å². The van der Waals surface area contributed by atoms with Gasteiger partial charge in [0, 0.05) is 34.5 Å². The van der Waals surface area contributed by atoms with Gasteiger partial charge < -0.3 is 5.32 Å². The fourth-order valence-corrected chi connectivity index (χ4v) is 4.26. The molecule has 0 saturated carbocycles. The minimum Gasteiger partial charge on any atom is -0.373 e. The average Bonchev–Trinajstić information content (AvgIpc) is 2.68. The average molecular weight is 457 g/mol. The lowest BCUT2D eigenvalue weighted by atomic mass is 10.2. The number of aromatic nitrogens is 2. The highest BCUT2D eigenvalue weighted by Gasteiger charge is 2.07. The number of thioether (sulfide) groups is 2. The maximum absolute atomic E-state index is 6.08. The number of benzene rings is 2. The van der Waals surface area contributed by atoms with Gasteiger partial charge in [-0.3, -0.25) is 0 Å². The second kappa shape index (κ2) is 9.89. The highest BCUT2D eigenvalue weighted by atomic mass is 35.5. The summed E-state index contributed by atoms with van der Waals surface area (Å²) in [5.41, 5.74) is 2.04. The quantitative estimate of drug-likeness (QED) is 0.304. The number of hydrogen-bond donors (Lipinski definition) is 1. The molecule has 140 valence electrons. The van der Waals surface area contributed by atoms with Gasteiger partial charge in [0.1, 0.15) is 5.82 Å². The molecule has 0 unspecified atom stereocenters. The molecular weight excluding hydrogens is 441 g/mol. The molecule has 3 rings (SSSR count). The van der Waals surface area contributed by atoms with E-state index >= 15 is 0 Å². The third-order valence-electron chi connectivity index (χ3n) is 3.57. The molecule has 27 heavy (non-hydrogen) atoms. The summed E-state index contributed by atoms with van der Waals surface area (Å²) < 4.78 is 0. The Morgan fingerprint density at radius 2 is 1.63 bits per heavy atom. The van der Waals surface area contributed by atoms with Crippen molar-refractivity contribution < 1.29 is 0 Å². The molecule has 1 heterocycles. The van der Waals surface area contributed by atoms with Crippen LogP contribution < -0.4 is 5.32 Å². The fraction of sp³-hybridized carbons (Fsp3) is 0.158. The number of anilines is 1. The van der Waals surface area contributed by atoms with Crippen molar-refractivity contribution in [2.24, 2.45) is 0 Å². The number of rotatable bonds is 7. The number of hydrogen-bond acceptors (Lipinski definition) is 5. The second-order valence-corrected chi connectivity index (χ2v) is 8.80. The molecule has 0 spiro atoms. The van der Waals surface area contributed by atoms with Crippen molar-refractivity contribution in [3.8, 4) is 0 Å². The summed E-state index contributed by atoms with van der Waals surface area (Å²) in [6, 6.07) is 15.4. The molecule has 8 heteroatoms. The normalized spacial score (nSPS) is 10.8. The Balaban J connectivity index is 1.68. The van der Waals surface area contributed by atoms with Gasteiger partial charge in [-0.1, -0.05) is 52.6 Å². The van der Waals surface area contributed by atoms with Gasteiger partial charge in [-0.15, -0.1) is 11.8 Å². The van der Waals surface area contributed by atoms with E-state index in [4.69, 9.17) is 34.8 Å². The van der Waals surface area contributed by atoms with Crippen LogP contribution in [0.25, 0.3) is 0 Å². The van der Waals surface area contributed by atoms with Gasteiger partial charge in [0.2, 0.25) is 0 Å². The van der Waals surface area contributed by atoms with Crippen molar-refractivity contribution in [3.63, 3.8) is 0 Å². The van der Waals surface area contributed by atoms with Gasteiger partial charge in [0.15, 0.2) is 5.16 Å². The van der Waals surface area contributed by atoms with Crippen LogP contribution in [0.4, 0.5) is 5.82 Å². The fourth-order valence-electron chi connectivity index (χ4n) is 2.21. The predicted octanol–water partition coefficient (Wildman–Crippen LogP) is 7.06. The van der Waals surface area contributed by atoms with E-state index in [9.17, 15) is 0 Å². The van der Waals surface area contributed by atoms with E-state index in [1.165, 1.54) is 0 Å². The highest BCUT2D eigenvalue weighted by molar-refractivity contribution is 7.98. The zero-order valence-electron chi connectivity index (χ0n) is 14.4. The molecule has 1 aromatic heterocycles. The first-order chi connectivity index (χ1) is 13.0. The third-order valence-corrected chi connectivity index (χ3v) is 6.52. The van der Waals surface area contributed by atoms with Gasteiger partial charge in [-0.05, 0) is 42.0 Å². The van der Waals surface area contributed by atoms with E-state index in [1.54, 1.807) is 29.6 Å². The molecule has 0 aliphatic rings. The molecule has 1 N–H and O–H groups in total. The molecule has 0 bridgehead atoms. The Kier molecular flexibility index (Phi) is 7.56. The van der Waals surface area contributed by atoms with E-state index in [1.807, 2.05) is 49.5 Å². The summed E-state index contributed by atoms with van der Waals surface area (Å²) in [5, 5.41) is 5.67. The molecular formula is C19H16Cl3N3S2. The maximum atomic E-state index is 6.08. The van der Waals surface area contributed by atoms with E-state index in [0.717, 1.165) is 37.9 Å². The monoisotopic (exact) mass is 455 g/mol. The Morgan fingerprint density at radius 3 is 2.33 bits per heavy atom. The van der Waals surface area contributed by atoms with Crippen molar-refractivity contribution in [2.75, 3.05) is 12.4 Å². The number of halogens is 3. The summed E-state index contributed by atoms with van der Waals surface area (Å²) >= 11 is 21.3. The minimum absolute atomic E-state index is 0.555. The second-order valence-electron chi connectivity index (χ2n) is 5.56. The molecule has 0 saturated heterocycles. The van der Waals surface area contributed by atoms with Crippen molar-refractivity contribution in [1.82, 2.24) is 9.97 Å². The van der Waals surface area contributed by atoms with Crippen LogP contribution >= 0.6 is 58.3 Å². The summed E-state index contributed by atoms with van der Waals surface area (Å²) in [6.45, 7) is 0. The van der Waals surface area contributed by atoms with Gasteiger partial charge >= 0.3 is 0 Å². The number of nitrogens with one attached hydrogen (secondary N) is 1. The Hall–Kier alpha value is -1.11. The zero-order valence-corrected chi connectivity index (χ0v) is 18.3. The summed E-state index contributed by atoms with van der Waals surface area (Å²) in [6.07, 6.45) is 0. The number of nitrogens with zero attached hydrogens (tertiary/aromatic N) is 2. The molecule has 0 aliphatic carbocycles. The lowest BCUT2D eigenvalue weighted by Gasteiger charge is -2.08. The third kappa shape index (κ3) is 6.19. The van der Waals surface area contributed by atoms with Crippen molar-refractivity contribution in [2.45, 2.75) is 21.6 Å². The zero-order chi connectivity index (χ0) is 19.2. The van der Waals surface area contributed by atoms with Crippen LogP contribution in [0.5, 0.6) is 0 Å². The molecule has 2 aromatic carbocycles. The van der Waals surface area contributed by atoms with Crippen LogP contribution in [-0.4, -0.2) is 17.0 Å². The van der Waals surface area contributed by atoms with Crippen LogP contribution in [-0.2, 0) is 11.5 Å². The topological polar surface area (TPSA) is 37.8 Å². The van der Waals surface area contributed by atoms with Crippen LogP contribution in [0.2, 0.25) is 15.1 Å². The maximum Gasteiger partial charge on any atom is 0.190 e. The molecule has 0 amide bonds. The lowest BCUT2D eigenvalue weighted by Crippen LogP contribution is -1.99. The van der Waals surface area contributed by atoms with Crippen molar-refractivity contribution >= 4 is 64.1 Å². The van der Waals surface area contributed by atoms with E-state index in [2.05, 4.69) is 15.3 Å². The van der Waals surface area contributed by atoms with Gasteiger partial charge in [0.05, 0.1) is 15.7 Å². The molecule has 3 aromatic rings.